The van der Waals surface area contributed by atoms with Crippen LogP contribution in [0.3, 0.4) is 0 Å². The van der Waals surface area contributed by atoms with Crippen LogP contribution in [0.2, 0.25) is 0 Å². The molecule has 0 amide bonds. The second-order valence-electron chi connectivity index (χ2n) is 5.58. The van der Waals surface area contributed by atoms with E-state index in [-0.39, 0.29) is 19.0 Å². The van der Waals surface area contributed by atoms with Crippen molar-refractivity contribution in [1.82, 2.24) is 19.2 Å². The summed E-state index contributed by atoms with van der Waals surface area (Å²) in [4.78, 5) is 13.7. The van der Waals surface area contributed by atoms with E-state index in [2.05, 4.69) is 10.3 Å². The van der Waals surface area contributed by atoms with Crippen LogP contribution in [0.5, 0.6) is 0 Å². The number of nitro benzene ring substituents is 1. The van der Waals surface area contributed by atoms with Crippen LogP contribution < -0.4 is 5.32 Å². The summed E-state index contributed by atoms with van der Waals surface area (Å²) >= 11 is 0. The number of aryl methyl sites for hydroxylation is 1. The summed E-state index contributed by atoms with van der Waals surface area (Å²) in [5.74, 6) is -0.690. The van der Waals surface area contributed by atoms with Crippen LogP contribution in [0.25, 0.3) is 0 Å². The Kier molecular flexibility index (Phi) is 5.96. The molecule has 1 unspecified atom stereocenters. The molecule has 0 aliphatic carbocycles. The SMILES string of the molecule is Cl.Cn1ccnc1C1CNCCN1S(=O)(=O)c1cccc(F)c1[N+](=O)[O-]. The average molecular weight is 406 g/mol. The quantitative estimate of drug-likeness (QED) is 0.605. The zero-order valence-corrected chi connectivity index (χ0v) is 15.3. The van der Waals surface area contributed by atoms with Gasteiger partial charge in [-0.25, -0.2) is 13.4 Å². The highest BCUT2D eigenvalue weighted by Gasteiger charge is 2.40. The normalized spacial score (nSPS) is 18.3. The number of nitrogens with one attached hydrogen (secondary N) is 1. The Labute approximate surface area is 155 Å². The van der Waals surface area contributed by atoms with Crippen LogP contribution in [0.1, 0.15) is 11.9 Å². The van der Waals surface area contributed by atoms with Gasteiger partial charge in [0.25, 0.3) is 10.0 Å². The molecule has 1 aromatic carbocycles. The largest absolute Gasteiger partial charge is 0.337 e. The van der Waals surface area contributed by atoms with E-state index in [9.17, 15) is 22.9 Å². The lowest BCUT2D eigenvalue weighted by Gasteiger charge is -2.34. The Bertz CT molecular complexity index is 920. The summed E-state index contributed by atoms with van der Waals surface area (Å²) in [6.45, 7) is 0.768. The Morgan fingerprint density at radius 2 is 2.15 bits per heavy atom. The van der Waals surface area contributed by atoms with Crippen molar-refractivity contribution in [2.75, 3.05) is 19.6 Å². The fourth-order valence-electron chi connectivity index (χ4n) is 2.90. The van der Waals surface area contributed by atoms with Crippen molar-refractivity contribution in [2.24, 2.45) is 7.05 Å². The summed E-state index contributed by atoms with van der Waals surface area (Å²) in [5.41, 5.74) is -1.04. The maximum atomic E-state index is 13.9. The molecule has 0 bridgehead atoms. The van der Waals surface area contributed by atoms with Crippen LogP contribution in [0, 0.1) is 15.9 Å². The van der Waals surface area contributed by atoms with Crippen LogP contribution in [-0.2, 0) is 17.1 Å². The molecule has 1 aromatic heterocycles. The fraction of sp³-hybridized carbons (Fsp3) is 0.357. The van der Waals surface area contributed by atoms with Gasteiger partial charge in [0, 0.05) is 39.1 Å². The molecule has 0 spiro atoms. The van der Waals surface area contributed by atoms with Crippen molar-refractivity contribution >= 4 is 28.1 Å². The van der Waals surface area contributed by atoms with E-state index in [1.165, 1.54) is 0 Å². The zero-order valence-electron chi connectivity index (χ0n) is 13.7. The minimum atomic E-state index is -4.29. The molecule has 26 heavy (non-hydrogen) atoms. The Balaban J connectivity index is 0.00000243. The van der Waals surface area contributed by atoms with Gasteiger partial charge in [-0.05, 0) is 12.1 Å². The molecule has 12 heteroatoms. The smallest absolute Gasteiger partial charge is 0.324 e. The van der Waals surface area contributed by atoms with Crippen molar-refractivity contribution in [3.63, 3.8) is 0 Å². The number of sulfonamides is 1. The summed E-state index contributed by atoms with van der Waals surface area (Å²) in [7, 11) is -2.57. The number of rotatable bonds is 4. The molecular formula is C14H17ClFN5O4S. The third-order valence-electron chi connectivity index (χ3n) is 4.07. The van der Waals surface area contributed by atoms with E-state index in [1.807, 2.05) is 0 Å². The summed E-state index contributed by atoms with van der Waals surface area (Å²) in [6, 6.07) is 2.41. The van der Waals surface area contributed by atoms with Gasteiger partial charge in [0.05, 0.1) is 11.0 Å². The van der Waals surface area contributed by atoms with E-state index in [4.69, 9.17) is 0 Å². The highest BCUT2D eigenvalue weighted by atomic mass is 35.5. The Morgan fingerprint density at radius 3 is 2.77 bits per heavy atom. The van der Waals surface area contributed by atoms with E-state index >= 15 is 0 Å². The van der Waals surface area contributed by atoms with Gasteiger partial charge in [-0.15, -0.1) is 12.4 Å². The molecule has 1 N–H and O–H groups in total. The van der Waals surface area contributed by atoms with Crippen LogP contribution >= 0.6 is 12.4 Å². The number of piperazine rings is 1. The molecule has 142 valence electrons. The minimum Gasteiger partial charge on any atom is -0.337 e. The zero-order chi connectivity index (χ0) is 18.2. The molecule has 2 heterocycles. The van der Waals surface area contributed by atoms with Gasteiger partial charge in [-0.3, -0.25) is 10.1 Å². The first-order valence-corrected chi connectivity index (χ1v) is 8.90. The molecule has 3 rings (SSSR count). The molecule has 1 saturated heterocycles. The topological polar surface area (TPSA) is 110 Å². The van der Waals surface area contributed by atoms with Crippen molar-refractivity contribution in [1.29, 1.82) is 0 Å². The van der Waals surface area contributed by atoms with E-state index in [0.717, 1.165) is 22.5 Å². The number of hydrogen-bond donors (Lipinski definition) is 1. The average Bonchev–Trinajstić information content (AvgIpc) is 3.00. The van der Waals surface area contributed by atoms with E-state index in [1.54, 1.807) is 24.0 Å². The predicted molar refractivity (Wildman–Crippen MR) is 93.0 cm³/mol. The number of hydrogen-bond acceptors (Lipinski definition) is 6. The molecule has 0 saturated carbocycles. The van der Waals surface area contributed by atoms with Crippen molar-refractivity contribution in [3.05, 3.63) is 52.3 Å². The number of aromatic nitrogens is 2. The van der Waals surface area contributed by atoms with Gasteiger partial charge < -0.3 is 9.88 Å². The van der Waals surface area contributed by atoms with Crippen LogP contribution in [0.15, 0.2) is 35.5 Å². The number of nitrogens with zero attached hydrogens (tertiary/aromatic N) is 4. The molecule has 2 aromatic rings. The summed E-state index contributed by atoms with van der Waals surface area (Å²) in [6.07, 6.45) is 3.22. The van der Waals surface area contributed by atoms with Gasteiger partial charge in [0.1, 0.15) is 5.82 Å². The molecule has 1 aliphatic heterocycles. The van der Waals surface area contributed by atoms with Crippen molar-refractivity contribution in [2.45, 2.75) is 10.9 Å². The number of halogens is 2. The summed E-state index contributed by atoms with van der Waals surface area (Å²) < 4.78 is 42.8. The first-order valence-electron chi connectivity index (χ1n) is 7.46. The molecule has 9 nitrogen and oxygen atoms in total. The highest BCUT2D eigenvalue weighted by Crippen LogP contribution is 2.33. The third-order valence-corrected chi connectivity index (χ3v) is 6.01. The second kappa shape index (κ2) is 7.66. The molecule has 1 aliphatic rings. The lowest BCUT2D eigenvalue weighted by atomic mass is 10.2. The monoisotopic (exact) mass is 405 g/mol. The van der Waals surface area contributed by atoms with Gasteiger partial charge in [0.15, 0.2) is 4.90 Å². The van der Waals surface area contributed by atoms with Crippen LogP contribution in [0.4, 0.5) is 10.1 Å². The molecular weight excluding hydrogens is 389 g/mol. The lowest BCUT2D eigenvalue weighted by Crippen LogP contribution is -2.49. The molecule has 1 fully saturated rings. The number of para-hydroxylation sites is 1. The highest BCUT2D eigenvalue weighted by molar-refractivity contribution is 7.89. The molecule has 0 radical (unpaired) electrons. The van der Waals surface area contributed by atoms with E-state index < -0.39 is 37.4 Å². The minimum absolute atomic E-state index is 0. The van der Waals surface area contributed by atoms with Gasteiger partial charge in [0.2, 0.25) is 5.82 Å². The standard InChI is InChI=1S/C14H16FN5O4S.ClH/c1-18-7-6-17-14(18)11-9-16-5-8-19(11)25(23,24)12-4-2-3-10(15)13(12)20(21)22;/h2-4,6-7,11,16H,5,8-9H2,1H3;1H. The molecule has 1 atom stereocenters. The number of nitro groups is 1. The van der Waals surface area contributed by atoms with Gasteiger partial charge in [-0.1, -0.05) is 6.07 Å². The Hall–Kier alpha value is -2.08. The maximum absolute atomic E-state index is 13.9. The second-order valence-corrected chi connectivity index (χ2v) is 7.43. The van der Waals surface area contributed by atoms with Crippen LogP contribution in [-0.4, -0.2) is 46.8 Å². The first kappa shape index (κ1) is 20.2. The number of imidazole rings is 1. The number of benzene rings is 1. The maximum Gasteiger partial charge on any atom is 0.324 e. The van der Waals surface area contributed by atoms with Gasteiger partial charge >= 0.3 is 5.69 Å². The van der Waals surface area contributed by atoms with Gasteiger partial charge in [-0.2, -0.15) is 8.70 Å². The predicted octanol–water partition coefficient (Wildman–Crippen LogP) is 1.22. The van der Waals surface area contributed by atoms with E-state index in [0.29, 0.717) is 18.9 Å². The Morgan fingerprint density at radius 1 is 1.42 bits per heavy atom. The summed E-state index contributed by atoms with van der Waals surface area (Å²) in [5, 5.41) is 14.3. The van der Waals surface area contributed by atoms with Crippen molar-refractivity contribution in [3.8, 4) is 0 Å². The van der Waals surface area contributed by atoms with Crippen molar-refractivity contribution < 1.29 is 17.7 Å². The third kappa shape index (κ3) is 3.43. The lowest BCUT2D eigenvalue weighted by molar-refractivity contribution is -0.390. The first-order chi connectivity index (χ1) is 11.8. The fourth-order valence-corrected chi connectivity index (χ4v) is 4.65.